The molecule has 0 amide bonds. The van der Waals surface area contributed by atoms with Crippen LogP contribution >= 0.6 is 22.9 Å². The molecular weight excluding hydrogens is 392 g/mol. The summed E-state index contributed by atoms with van der Waals surface area (Å²) in [6, 6.07) is 4.71. The molecule has 0 aliphatic carbocycles. The predicted octanol–water partition coefficient (Wildman–Crippen LogP) is 3.53. The molecule has 7 nitrogen and oxygen atoms in total. The summed E-state index contributed by atoms with van der Waals surface area (Å²) in [5.74, 6) is -0.0574. The normalized spacial score (nSPS) is 11.6. The number of fused-ring (bicyclic) bond motifs is 1. The van der Waals surface area contributed by atoms with Crippen molar-refractivity contribution < 1.29 is 19.4 Å². The number of ether oxygens (including phenoxy) is 2. The molecular formula is C18H15ClN2O5S. The Morgan fingerprint density at radius 1 is 1.37 bits per heavy atom. The van der Waals surface area contributed by atoms with Gasteiger partial charge in [0.2, 0.25) is 0 Å². The molecule has 140 valence electrons. The van der Waals surface area contributed by atoms with Gasteiger partial charge in [-0.3, -0.25) is 4.79 Å². The molecule has 0 radical (unpaired) electrons. The number of H-pyrrole nitrogens is 1. The van der Waals surface area contributed by atoms with Crippen LogP contribution in [0.1, 0.15) is 26.6 Å². The molecule has 0 saturated heterocycles. The number of nitrogens with one attached hydrogen (secondary N) is 1. The van der Waals surface area contributed by atoms with Crippen molar-refractivity contribution in [3.63, 3.8) is 0 Å². The Morgan fingerprint density at radius 3 is 2.78 bits per heavy atom. The molecule has 0 bridgehead atoms. The number of rotatable bonds is 4. The van der Waals surface area contributed by atoms with Crippen molar-refractivity contribution in [3.8, 4) is 11.5 Å². The van der Waals surface area contributed by atoms with Gasteiger partial charge in [0, 0.05) is 0 Å². The van der Waals surface area contributed by atoms with E-state index in [1.807, 2.05) is 0 Å². The van der Waals surface area contributed by atoms with Crippen molar-refractivity contribution in [2.24, 2.45) is 0 Å². The van der Waals surface area contributed by atoms with E-state index in [-0.39, 0.29) is 16.6 Å². The standard InChI is InChI=1S/C18H15ClN2O5S/c1-8-13-16(23)20-15(21-17(13)27-14(8)18(24)26-3)10(19)6-9-4-5-11(22)12(7-9)25-2/h4-7,22H,1-3H3,(H,20,21,23)/b10-6-. The number of aromatic amines is 1. The summed E-state index contributed by atoms with van der Waals surface area (Å²) in [7, 11) is 2.72. The van der Waals surface area contributed by atoms with Crippen molar-refractivity contribution in [1.29, 1.82) is 0 Å². The number of nitrogens with zero attached hydrogens (tertiary/aromatic N) is 1. The Bertz CT molecular complexity index is 1130. The lowest BCUT2D eigenvalue weighted by atomic mass is 10.2. The van der Waals surface area contributed by atoms with Gasteiger partial charge in [-0.25, -0.2) is 9.78 Å². The zero-order valence-corrected chi connectivity index (χ0v) is 16.2. The predicted molar refractivity (Wildman–Crippen MR) is 105 cm³/mol. The van der Waals surface area contributed by atoms with E-state index in [9.17, 15) is 14.7 Å². The number of carbonyl (C=O) groups is 1. The Hall–Kier alpha value is -2.84. The second-order valence-electron chi connectivity index (χ2n) is 5.57. The Labute approximate surface area is 162 Å². The van der Waals surface area contributed by atoms with Gasteiger partial charge < -0.3 is 19.6 Å². The number of methoxy groups -OCH3 is 2. The largest absolute Gasteiger partial charge is 0.504 e. The van der Waals surface area contributed by atoms with Crippen molar-refractivity contribution in [3.05, 3.63) is 50.4 Å². The molecule has 3 rings (SSSR count). The van der Waals surface area contributed by atoms with Gasteiger partial charge in [0.05, 0.1) is 24.6 Å². The van der Waals surface area contributed by atoms with E-state index in [0.29, 0.717) is 32.0 Å². The third kappa shape index (κ3) is 3.54. The Balaban J connectivity index is 2.09. The zero-order valence-electron chi connectivity index (χ0n) is 14.6. The van der Waals surface area contributed by atoms with Crippen LogP contribution in [0, 0.1) is 6.92 Å². The maximum Gasteiger partial charge on any atom is 0.348 e. The first kappa shape index (κ1) is 18.9. The van der Waals surface area contributed by atoms with Crippen LogP contribution in [0.25, 0.3) is 21.3 Å². The summed E-state index contributed by atoms with van der Waals surface area (Å²) in [6.45, 7) is 1.67. The van der Waals surface area contributed by atoms with Crippen LogP contribution in [0.15, 0.2) is 23.0 Å². The highest BCUT2D eigenvalue weighted by Crippen LogP contribution is 2.31. The SMILES string of the molecule is COC(=O)c1sc2nc(/C(Cl)=C/c3ccc(O)c(OC)c3)[nH]c(=O)c2c1C. The summed E-state index contributed by atoms with van der Waals surface area (Å²) in [4.78, 5) is 32.0. The topological polar surface area (TPSA) is 102 Å². The minimum atomic E-state index is -0.519. The van der Waals surface area contributed by atoms with E-state index < -0.39 is 11.5 Å². The number of halogens is 1. The number of hydrogen-bond donors (Lipinski definition) is 2. The van der Waals surface area contributed by atoms with E-state index in [2.05, 4.69) is 9.97 Å². The first-order chi connectivity index (χ1) is 12.8. The van der Waals surface area contributed by atoms with Crippen LogP contribution in [0.5, 0.6) is 11.5 Å². The summed E-state index contributed by atoms with van der Waals surface area (Å²) < 4.78 is 9.80. The molecule has 2 aromatic heterocycles. The molecule has 1 aromatic carbocycles. The summed E-state index contributed by atoms with van der Waals surface area (Å²) in [5.41, 5.74) is 0.772. The van der Waals surface area contributed by atoms with Gasteiger partial charge in [-0.2, -0.15) is 0 Å². The number of phenolic OH excluding ortho intramolecular Hbond substituents is 1. The molecule has 2 heterocycles. The van der Waals surface area contributed by atoms with E-state index in [1.165, 1.54) is 20.3 Å². The van der Waals surface area contributed by atoms with E-state index in [1.54, 1.807) is 25.1 Å². The highest BCUT2D eigenvalue weighted by molar-refractivity contribution is 7.20. The molecule has 0 fully saturated rings. The van der Waals surface area contributed by atoms with Crippen LogP contribution in [-0.2, 0) is 4.74 Å². The quantitative estimate of drug-likeness (QED) is 0.642. The van der Waals surface area contributed by atoms with Gasteiger partial charge in [-0.05, 0) is 36.3 Å². The zero-order chi connectivity index (χ0) is 19.7. The average Bonchev–Trinajstić information content (AvgIpc) is 2.99. The number of thiophene rings is 1. The number of benzene rings is 1. The van der Waals surface area contributed by atoms with Gasteiger partial charge in [0.25, 0.3) is 5.56 Å². The second-order valence-corrected chi connectivity index (χ2v) is 6.97. The summed E-state index contributed by atoms with van der Waals surface area (Å²) in [6.07, 6.45) is 1.58. The first-order valence-electron chi connectivity index (χ1n) is 7.72. The fourth-order valence-corrected chi connectivity index (χ4v) is 3.86. The highest BCUT2D eigenvalue weighted by atomic mass is 35.5. The highest BCUT2D eigenvalue weighted by Gasteiger charge is 2.20. The molecule has 0 aliphatic heterocycles. The molecule has 0 aliphatic rings. The van der Waals surface area contributed by atoms with Crippen LogP contribution in [0.4, 0.5) is 0 Å². The fourth-order valence-electron chi connectivity index (χ4n) is 2.54. The van der Waals surface area contributed by atoms with Crippen molar-refractivity contribution >= 4 is 50.2 Å². The van der Waals surface area contributed by atoms with Gasteiger partial charge in [-0.15, -0.1) is 11.3 Å². The minimum Gasteiger partial charge on any atom is -0.504 e. The van der Waals surface area contributed by atoms with Gasteiger partial charge in [0.1, 0.15) is 9.71 Å². The molecule has 27 heavy (non-hydrogen) atoms. The monoisotopic (exact) mass is 406 g/mol. The van der Waals surface area contributed by atoms with Crippen LogP contribution in [-0.4, -0.2) is 35.3 Å². The first-order valence-corrected chi connectivity index (χ1v) is 8.91. The molecule has 0 saturated carbocycles. The number of esters is 1. The van der Waals surface area contributed by atoms with E-state index in [4.69, 9.17) is 21.1 Å². The van der Waals surface area contributed by atoms with Crippen LogP contribution in [0.2, 0.25) is 0 Å². The number of phenols is 1. The molecule has 2 N–H and O–H groups in total. The number of hydrogen-bond acceptors (Lipinski definition) is 7. The lowest BCUT2D eigenvalue weighted by Gasteiger charge is -2.04. The summed E-state index contributed by atoms with van der Waals surface area (Å²) in [5, 5.41) is 10.2. The molecule has 0 unspecified atom stereocenters. The lowest BCUT2D eigenvalue weighted by molar-refractivity contribution is 0.0605. The minimum absolute atomic E-state index is 0.00289. The average molecular weight is 407 g/mol. The van der Waals surface area contributed by atoms with Gasteiger partial charge in [-0.1, -0.05) is 17.7 Å². The molecule has 0 atom stereocenters. The van der Waals surface area contributed by atoms with E-state index in [0.717, 1.165) is 11.3 Å². The second kappa shape index (κ2) is 7.42. The molecule has 3 aromatic rings. The third-order valence-corrected chi connectivity index (χ3v) is 5.35. The van der Waals surface area contributed by atoms with Crippen molar-refractivity contribution in [2.45, 2.75) is 6.92 Å². The smallest absolute Gasteiger partial charge is 0.348 e. The Kier molecular flexibility index (Phi) is 5.20. The molecule has 0 spiro atoms. The number of aromatic hydroxyl groups is 1. The van der Waals surface area contributed by atoms with E-state index >= 15 is 0 Å². The van der Waals surface area contributed by atoms with Gasteiger partial charge >= 0.3 is 5.97 Å². The molecule has 9 heteroatoms. The lowest BCUT2D eigenvalue weighted by Crippen LogP contribution is -2.10. The van der Waals surface area contributed by atoms with Crippen molar-refractivity contribution in [2.75, 3.05) is 14.2 Å². The number of carbonyl (C=O) groups excluding carboxylic acids is 1. The fraction of sp³-hybridized carbons (Fsp3) is 0.167. The van der Waals surface area contributed by atoms with Crippen molar-refractivity contribution in [1.82, 2.24) is 9.97 Å². The summed E-state index contributed by atoms with van der Waals surface area (Å²) >= 11 is 7.40. The maximum absolute atomic E-state index is 12.5. The third-order valence-electron chi connectivity index (χ3n) is 3.89. The van der Waals surface area contributed by atoms with Gasteiger partial charge in [0.15, 0.2) is 17.3 Å². The maximum atomic E-state index is 12.5. The number of aryl methyl sites for hydroxylation is 1. The number of aromatic nitrogens is 2. The Morgan fingerprint density at radius 2 is 2.11 bits per heavy atom. The van der Waals surface area contributed by atoms with Crippen LogP contribution in [0.3, 0.4) is 0 Å². The van der Waals surface area contributed by atoms with Crippen LogP contribution < -0.4 is 10.3 Å².